The van der Waals surface area contributed by atoms with E-state index in [0.29, 0.717) is 11.3 Å². The van der Waals surface area contributed by atoms with Gasteiger partial charge in [-0.15, -0.1) is 0 Å². The van der Waals surface area contributed by atoms with Gasteiger partial charge in [-0.25, -0.2) is 4.79 Å². The molecule has 0 spiro atoms. The summed E-state index contributed by atoms with van der Waals surface area (Å²) in [7, 11) is 2.90. The Bertz CT molecular complexity index is 629. The summed E-state index contributed by atoms with van der Waals surface area (Å²) in [4.78, 5) is 24.7. The van der Waals surface area contributed by atoms with E-state index >= 15 is 0 Å². The molecule has 26 heavy (non-hydrogen) atoms. The maximum absolute atomic E-state index is 12.3. The number of carbonyl (C=O) groups excluding carboxylic acids is 2. The highest BCUT2D eigenvalue weighted by atomic mass is 19.4. The van der Waals surface area contributed by atoms with Crippen LogP contribution in [0, 0.1) is 5.41 Å². The molecule has 0 radical (unpaired) electrons. The van der Waals surface area contributed by atoms with Gasteiger partial charge in [0.15, 0.2) is 0 Å². The topological polar surface area (TPSA) is 91.0 Å². The summed E-state index contributed by atoms with van der Waals surface area (Å²) in [6.45, 7) is 1.88. The number of amides is 1. The minimum atomic E-state index is -4.27. The Kier molecular flexibility index (Phi) is 9.39. The first-order valence-corrected chi connectivity index (χ1v) is 7.50. The molecular formula is C17H23F3N2O4. The number of primary amides is 1. The third kappa shape index (κ3) is 8.50. The van der Waals surface area contributed by atoms with Gasteiger partial charge in [0.05, 0.1) is 25.2 Å². The van der Waals surface area contributed by atoms with Crippen LogP contribution < -0.4 is 10.5 Å². The second-order valence-corrected chi connectivity index (χ2v) is 5.80. The van der Waals surface area contributed by atoms with Crippen molar-refractivity contribution in [2.45, 2.75) is 26.4 Å². The Morgan fingerprint density at radius 1 is 1.23 bits per heavy atom. The van der Waals surface area contributed by atoms with Crippen molar-refractivity contribution >= 4 is 18.1 Å². The van der Waals surface area contributed by atoms with E-state index in [1.807, 2.05) is 0 Å². The normalized spacial score (nSPS) is 11.5. The van der Waals surface area contributed by atoms with Crippen LogP contribution in [0.4, 0.5) is 13.2 Å². The van der Waals surface area contributed by atoms with Crippen LogP contribution in [-0.4, -0.2) is 45.0 Å². The molecule has 1 aromatic carbocycles. The Morgan fingerprint density at radius 2 is 1.85 bits per heavy atom. The van der Waals surface area contributed by atoms with E-state index < -0.39 is 17.5 Å². The van der Waals surface area contributed by atoms with Gasteiger partial charge in [-0.3, -0.25) is 9.79 Å². The first-order chi connectivity index (χ1) is 11.9. The number of aliphatic imine (C=N–C) groups is 1. The Labute approximate surface area is 150 Å². The number of benzene rings is 1. The molecule has 0 fully saturated rings. The number of ether oxygens (including phenoxy) is 2. The molecule has 2 N–H and O–H groups in total. The zero-order chi connectivity index (χ0) is 20.4. The second-order valence-electron chi connectivity index (χ2n) is 5.80. The average Bonchev–Trinajstić information content (AvgIpc) is 2.57. The van der Waals surface area contributed by atoms with Gasteiger partial charge in [0.25, 0.3) is 0 Å². The van der Waals surface area contributed by atoms with Gasteiger partial charge >= 0.3 is 12.1 Å². The Hall–Kier alpha value is -2.58. The number of halogens is 3. The molecule has 1 rings (SSSR count). The number of rotatable bonds is 6. The molecule has 0 aliphatic rings. The molecule has 0 heterocycles. The lowest BCUT2D eigenvalue weighted by atomic mass is 9.89. The number of nitrogens with two attached hydrogens (primary N) is 1. The van der Waals surface area contributed by atoms with Crippen LogP contribution in [0.5, 0.6) is 5.75 Å². The van der Waals surface area contributed by atoms with E-state index in [-0.39, 0.29) is 18.9 Å². The van der Waals surface area contributed by atoms with Crippen LogP contribution in [-0.2, 0) is 9.53 Å². The molecule has 0 unspecified atom stereocenters. The van der Waals surface area contributed by atoms with Crippen molar-refractivity contribution < 1.29 is 32.2 Å². The number of methoxy groups -OCH3 is 2. The average molecular weight is 376 g/mol. The molecular weight excluding hydrogens is 353 g/mol. The molecule has 1 amide bonds. The van der Waals surface area contributed by atoms with Crippen molar-refractivity contribution in [3.05, 3.63) is 29.8 Å². The fourth-order valence-corrected chi connectivity index (χ4v) is 1.43. The van der Waals surface area contributed by atoms with E-state index in [1.54, 1.807) is 31.4 Å². The summed E-state index contributed by atoms with van der Waals surface area (Å²) in [6, 6.07) is 6.82. The summed E-state index contributed by atoms with van der Waals surface area (Å²) in [5.74, 6) is -0.363. The molecule has 1 aromatic rings. The monoisotopic (exact) mass is 376 g/mol. The van der Waals surface area contributed by atoms with Gasteiger partial charge in [-0.1, -0.05) is 19.9 Å². The van der Waals surface area contributed by atoms with Crippen LogP contribution in [0.1, 0.15) is 30.6 Å². The maximum Gasteiger partial charge on any atom is 0.394 e. The highest BCUT2D eigenvalue weighted by Crippen LogP contribution is 2.39. The summed E-state index contributed by atoms with van der Waals surface area (Å²) >= 11 is 0. The van der Waals surface area contributed by atoms with E-state index in [2.05, 4.69) is 9.73 Å². The van der Waals surface area contributed by atoms with Gasteiger partial charge in [-0.05, 0) is 24.6 Å². The van der Waals surface area contributed by atoms with Gasteiger partial charge in [0.1, 0.15) is 12.3 Å². The fourth-order valence-electron chi connectivity index (χ4n) is 1.43. The van der Waals surface area contributed by atoms with Crippen molar-refractivity contribution in [1.29, 1.82) is 0 Å². The molecule has 9 heteroatoms. The smallest absolute Gasteiger partial charge is 0.394 e. The number of hydrogen-bond acceptors (Lipinski definition) is 5. The molecule has 0 aliphatic carbocycles. The van der Waals surface area contributed by atoms with Crippen LogP contribution in [0.3, 0.4) is 0 Å². The quantitative estimate of drug-likeness (QED) is 0.610. The van der Waals surface area contributed by atoms with Gasteiger partial charge in [-0.2, -0.15) is 13.2 Å². The van der Waals surface area contributed by atoms with E-state index in [1.165, 1.54) is 7.11 Å². The molecule has 0 bridgehead atoms. The lowest BCUT2D eigenvalue weighted by Gasteiger charge is -2.25. The van der Waals surface area contributed by atoms with Crippen molar-refractivity contribution in [3.63, 3.8) is 0 Å². The van der Waals surface area contributed by atoms with Crippen molar-refractivity contribution in [2.24, 2.45) is 16.1 Å². The van der Waals surface area contributed by atoms with Crippen molar-refractivity contribution in [1.82, 2.24) is 0 Å². The summed E-state index contributed by atoms with van der Waals surface area (Å²) in [5.41, 5.74) is 3.42. The lowest BCUT2D eigenvalue weighted by Crippen LogP contribution is -2.32. The molecule has 0 atom stereocenters. The first-order valence-electron chi connectivity index (χ1n) is 7.50. The predicted octanol–water partition coefficient (Wildman–Crippen LogP) is 3.00. The van der Waals surface area contributed by atoms with Crippen molar-refractivity contribution in [2.75, 3.05) is 20.8 Å². The molecule has 146 valence electrons. The highest BCUT2D eigenvalue weighted by Gasteiger charge is 2.46. The second kappa shape index (κ2) is 10.4. The molecule has 0 saturated carbocycles. The number of hydrogen-bond donors (Lipinski definition) is 1. The predicted molar refractivity (Wildman–Crippen MR) is 91.3 cm³/mol. The number of carbonyl (C=O) groups is 2. The van der Waals surface area contributed by atoms with Gasteiger partial charge in [0, 0.05) is 6.21 Å². The molecule has 6 nitrogen and oxygen atoms in total. The zero-order valence-electron chi connectivity index (χ0n) is 15.1. The number of nitrogens with zero attached hydrogens (tertiary/aromatic N) is 1. The van der Waals surface area contributed by atoms with Crippen LogP contribution in [0.2, 0.25) is 0 Å². The SMILES string of the molecule is CC(C)(CC=NCC(N)=O)C(F)(F)F.COC(=O)c1cccc(OC)c1. The Balaban J connectivity index is 0.000000485. The first kappa shape index (κ1) is 23.4. The van der Waals surface area contributed by atoms with E-state index in [0.717, 1.165) is 20.1 Å². The standard InChI is InChI=1S/C9H10O3.C8H13F3N2O/c1-11-8-5-3-4-7(6-8)9(10)12-2;1-7(2,8(9,10)11)3-4-13-5-6(12)14/h3-6H,1-2H3;4H,3,5H2,1-2H3,(H2,12,14). The fraction of sp³-hybridized carbons (Fsp3) is 0.471. The largest absolute Gasteiger partial charge is 0.497 e. The third-order valence-electron chi connectivity index (χ3n) is 3.24. The minimum absolute atomic E-state index is 0.260. The lowest BCUT2D eigenvalue weighted by molar-refractivity contribution is -0.208. The molecule has 0 aromatic heterocycles. The summed E-state index contributed by atoms with van der Waals surface area (Å²) < 4.78 is 46.3. The number of esters is 1. The summed E-state index contributed by atoms with van der Waals surface area (Å²) in [5, 5.41) is 0. The van der Waals surface area contributed by atoms with Gasteiger partial charge in [0.2, 0.25) is 5.91 Å². The zero-order valence-corrected chi connectivity index (χ0v) is 15.1. The van der Waals surface area contributed by atoms with Crippen LogP contribution in [0.25, 0.3) is 0 Å². The third-order valence-corrected chi connectivity index (χ3v) is 3.24. The van der Waals surface area contributed by atoms with Crippen LogP contribution >= 0.6 is 0 Å². The minimum Gasteiger partial charge on any atom is -0.497 e. The van der Waals surface area contributed by atoms with E-state index in [4.69, 9.17) is 10.5 Å². The van der Waals surface area contributed by atoms with Crippen LogP contribution in [0.15, 0.2) is 29.3 Å². The number of alkyl halides is 3. The van der Waals surface area contributed by atoms with Gasteiger partial charge < -0.3 is 15.2 Å². The molecule has 0 saturated heterocycles. The maximum atomic E-state index is 12.3. The van der Waals surface area contributed by atoms with Crippen molar-refractivity contribution in [3.8, 4) is 5.75 Å². The Morgan fingerprint density at radius 3 is 2.31 bits per heavy atom. The summed E-state index contributed by atoms with van der Waals surface area (Å²) in [6.07, 6.45) is -3.45. The molecule has 0 aliphatic heterocycles. The van der Waals surface area contributed by atoms with E-state index in [9.17, 15) is 22.8 Å². The highest BCUT2D eigenvalue weighted by molar-refractivity contribution is 5.89.